The Morgan fingerprint density at radius 3 is 2.06 bits per heavy atom. The highest BCUT2D eigenvalue weighted by atomic mass is 16.5. The second-order valence-corrected chi connectivity index (χ2v) is 9.36. The quantitative estimate of drug-likeness (QED) is 0.181. The third-order valence-electron chi connectivity index (χ3n) is 7.39. The molecule has 1 nitrogen and oxygen atoms in total. The van der Waals surface area contributed by atoms with Crippen molar-refractivity contribution in [3.8, 4) is 33.8 Å². The van der Waals surface area contributed by atoms with Gasteiger partial charge in [-0.1, -0.05) is 84.9 Å². The maximum Gasteiger partial charge on any atom is 0.135 e. The van der Waals surface area contributed by atoms with Gasteiger partial charge in [0.15, 0.2) is 0 Å². The predicted octanol–water partition coefficient (Wildman–Crippen LogP) is 9.74. The molecule has 7 aromatic rings. The Hall–Kier alpha value is -4.62. The topological polar surface area (TPSA) is 9.23 Å². The van der Waals surface area contributed by atoms with Gasteiger partial charge in [-0.25, -0.2) is 0 Å². The lowest BCUT2D eigenvalue weighted by Crippen LogP contribution is -1.97. The average Bonchev–Trinajstić information content (AvgIpc) is 2.91. The molecule has 0 atom stereocenters. The Morgan fingerprint density at radius 1 is 0.371 bits per heavy atom. The van der Waals surface area contributed by atoms with Crippen LogP contribution in [0.1, 0.15) is 0 Å². The summed E-state index contributed by atoms with van der Waals surface area (Å²) in [6, 6.07) is 43.8. The van der Waals surface area contributed by atoms with Gasteiger partial charge in [-0.15, -0.1) is 0 Å². The zero-order valence-corrected chi connectivity index (χ0v) is 19.0. The van der Waals surface area contributed by atoms with E-state index in [1.807, 2.05) is 6.07 Å². The highest BCUT2D eigenvalue weighted by Gasteiger charge is 2.21. The van der Waals surface area contributed by atoms with E-state index >= 15 is 0 Å². The molecule has 7 aromatic carbocycles. The van der Waals surface area contributed by atoms with Crippen molar-refractivity contribution in [3.05, 3.63) is 121 Å². The highest BCUT2D eigenvalue weighted by Crippen LogP contribution is 2.48. The van der Waals surface area contributed by atoms with Gasteiger partial charge in [0.1, 0.15) is 11.5 Å². The normalized spacial score (nSPS) is 12.2. The summed E-state index contributed by atoms with van der Waals surface area (Å²) in [6.07, 6.45) is 0. The summed E-state index contributed by atoms with van der Waals surface area (Å²) < 4.78 is 6.25. The number of hydrogen-bond acceptors (Lipinski definition) is 1. The number of hydrogen-bond donors (Lipinski definition) is 0. The molecule has 1 aliphatic rings. The molecule has 0 N–H and O–H groups in total. The molecular weight excluding hydrogens is 424 g/mol. The summed E-state index contributed by atoms with van der Waals surface area (Å²) in [7, 11) is 0. The van der Waals surface area contributed by atoms with Crippen LogP contribution in [0.3, 0.4) is 0 Å². The van der Waals surface area contributed by atoms with E-state index in [2.05, 4.69) is 115 Å². The van der Waals surface area contributed by atoms with Gasteiger partial charge in [0, 0.05) is 10.9 Å². The molecule has 1 aliphatic heterocycles. The zero-order chi connectivity index (χ0) is 22.9. The van der Waals surface area contributed by atoms with E-state index in [1.165, 1.54) is 59.8 Å². The maximum absolute atomic E-state index is 6.25. The molecule has 0 unspecified atom stereocenters. The summed E-state index contributed by atoms with van der Waals surface area (Å²) in [5.41, 5.74) is 4.87. The van der Waals surface area contributed by atoms with Crippen molar-refractivity contribution >= 4 is 43.1 Å². The fraction of sp³-hybridized carbons (Fsp3) is 0. The Bertz CT molecular complexity index is 1980. The van der Waals surface area contributed by atoms with E-state index in [0.29, 0.717) is 0 Å². The molecule has 0 fully saturated rings. The first-order valence-electron chi connectivity index (χ1n) is 12.0. The maximum atomic E-state index is 6.25. The number of benzene rings is 7. The van der Waals surface area contributed by atoms with Crippen LogP contribution >= 0.6 is 0 Å². The van der Waals surface area contributed by atoms with Crippen LogP contribution in [0.2, 0.25) is 0 Å². The van der Waals surface area contributed by atoms with Crippen LogP contribution in [0.15, 0.2) is 121 Å². The molecule has 0 radical (unpaired) electrons. The molecule has 0 saturated carbocycles. The summed E-state index contributed by atoms with van der Waals surface area (Å²) in [4.78, 5) is 0. The lowest BCUT2D eigenvalue weighted by atomic mass is 9.88. The minimum absolute atomic E-state index is 0.917. The Balaban J connectivity index is 1.44. The standard InChI is InChI=1S/C34H20O/c1-2-10-26-21(7-1)15-16-23-19-29-22(18-30(23)26)8-5-12-27(29)25-17-24-9-6-14-33-34(24)31(20-25)28-11-3-4-13-32(28)35-33/h1-20H. The lowest BCUT2D eigenvalue weighted by Gasteiger charge is -2.22. The summed E-state index contributed by atoms with van der Waals surface area (Å²) in [6.45, 7) is 0. The second kappa shape index (κ2) is 6.94. The average molecular weight is 445 g/mol. The first kappa shape index (κ1) is 18.8. The fourth-order valence-electron chi connectivity index (χ4n) is 5.78. The van der Waals surface area contributed by atoms with Gasteiger partial charge in [0.25, 0.3) is 0 Å². The van der Waals surface area contributed by atoms with Crippen molar-refractivity contribution in [2.75, 3.05) is 0 Å². The van der Waals surface area contributed by atoms with E-state index in [0.717, 1.165) is 17.1 Å². The van der Waals surface area contributed by atoms with E-state index in [1.54, 1.807) is 0 Å². The van der Waals surface area contributed by atoms with E-state index in [4.69, 9.17) is 4.74 Å². The summed E-state index contributed by atoms with van der Waals surface area (Å²) >= 11 is 0. The minimum atomic E-state index is 0.917. The SMILES string of the molecule is c1ccc2c(c1)Oc1cccc3cc(-c4cccc5cc6c(ccc7ccccc76)cc45)cc-2c13. The molecule has 0 aromatic heterocycles. The summed E-state index contributed by atoms with van der Waals surface area (Å²) in [5, 5.41) is 10.1. The minimum Gasteiger partial charge on any atom is -0.456 e. The van der Waals surface area contributed by atoms with Crippen LogP contribution < -0.4 is 4.74 Å². The van der Waals surface area contributed by atoms with Gasteiger partial charge in [-0.2, -0.15) is 0 Å². The van der Waals surface area contributed by atoms with Crippen LogP contribution in [0.25, 0.3) is 65.3 Å². The number of para-hydroxylation sites is 1. The Kier molecular flexibility index (Phi) is 3.72. The van der Waals surface area contributed by atoms with Crippen LogP contribution in [0.5, 0.6) is 11.5 Å². The van der Waals surface area contributed by atoms with E-state index in [-0.39, 0.29) is 0 Å². The number of rotatable bonds is 1. The number of fused-ring (bicyclic) bond motifs is 6. The van der Waals surface area contributed by atoms with Crippen molar-refractivity contribution in [2.45, 2.75) is 0 Å². The van der Waals surface area contributed by atoms with Crippen LogP contribution in [-0.2, 0) is 0 Å². The van der Waals surface area contributed by atoms with Gasteiger partial charge < -0.3 is 4.74 Å². The van der Waals surface area contributed by atoms with Gasteiger partial charge in [-0.3, -0.25) is 0 Å². The fourth-order valence-corrected chi connectivity index (χ4v) is 5.78. The van der Waals surface area contributed by atoms with Crippen molar-refractivity contribution in [3.63, 3.8) is 0 Å². The van der Waals surface area contributed by atoms with Crippen LogP contribution in [-0.4, -0.2) is 0 Å². The van der Waals surface area contributed by atoms with E-state index in [9.17, 15) is 0 Å². The molecular formula is C34H20O. The van der Waals surface area contributed by atoms with Crippen molar-refractivity contribution in [1.29, 1.82) is 0 Å². The molecule has 1 heterocycles. The van der Waals surface area contributed by atoms with Crippen LogP contribution in [0, 0.1) is 0 Å². The second-order valence-electron chi connectivity index (χ2n) is 9.36. The van der Waals surface area contributed by atoms with Crippen molar-refractivity contribution in [1.82, 2.24) is 0 Å². The van der Waals surface area contributed by atoms with Gasteiger partial charge >= 0.3 is 0 Å². The monoisotopic (exact) mass is 444 g/mol. The molecule has 0 bridgehead atoms. The molecule has 0 spiro atoms. The zero-order valence-electron chi connectivity index (χ0n) is 19.0. The van der Waals surface area contributed by atoms with Crippen LogP contribution in [0.4, 0.5) is 0 Å². The largest absolute Gasteiger partial charge is 0.456 e. The predicted molar refractivity (Wildman–Crippen MR) is 147 cm³/mol. The molecule has 1 heteroatoms. The smallest absolute Gasteiger partial charge is 0.135 e. The number of ether oxygens (including phenoxy) is 1. The third kappa shape index (κ3) is 2.70. The third-order valence-corrected chi connectivity index (χ3v) is 7.39. The van der Waals surface area contributed by atoms with Gasteiger partial charge in [0.2, 0.25) is 0 Å². The van der Waals surface area contributed by atoms with Gasteiger partial charge in [-0.05, 0) is 90.8 Å². The molecule has 162 valence electrons. The molecule has 0 saturated heterocycles. The van der Waals surface area contributed by atoms with Crippen molar-refractivity contribution in [2.24, 2.45) is 0 Å². The van der Waals surface area contributed by atoms with Crippen molar-refractivity contribution < 1.29 is 4.74 Å². The lowest BCUT2D eigenvalue weighted by molar-refractivity contribution is 0.487. The molecule has 8 rings (SSSR count). The Labute approximate surface area is 202 Å². The highest BCUT2D eigenvalue weighted by molar-refractivity contribution is 6.15. The van der Waals surface area contributed by atoms with E-state index < -0.39 is 0 Å². The summed E-state index contributed by atoms with van der Waals surface area (Å²) in [5.74, 6) is 1.85. The first-order valence-corrected chi connectivity index (χ1v) is 12.0. The molecule has 35 heavy (non-hydrogen) atoms. The molecule has 0 aliphatic carbocycles. The molecule has 0 amide bonds. The van der Waals surface area contributed by atoms with Gasteiger partial charge in [0.05, 0.1) is 0 Å². The Morgan fingerprint density at radius 2 is 1.06 bits per heavy atom. The first-order chi connectivity index (χ1) is 17.3.